The molecule has 0 radical (unpaired) electrons. The summed E-state index contributed by atoms with van der Waals surface area (Å²) in [6, 6.07) is 2.27. The van der Waals surface area contributed by atoms with Gasteiger partial charge in [-0.3, -0.25) is 9.59 Å². The Morgan fingerprint density at radius 1 is 1.25 bits per heavy atom. The van der Waals surface area contributed by atoms with E-state index < -0.39 is 35.0 Å². The molecule has 132 valence electrons. The number of halogens is 2. The van der Waals surface area contributed by atoms with E-state index in [2.05, 4.69) is 10.6 Å². The summed E-state index contributed by atoms with van der Waals surface area (Å²) in [4.78, 5) is 23.7. The van der Waals surface area contributed by atoms with Crippen molar-refractivity contribution in [3.05, 3.63) is 35.4 Å². The predicted molar refractivity (Wildman–Crippen MR) is 84.0 cm³/mol. The maximum absolute atomic E-state index is 14.0. The molecule has 1 atom stereocenters. The molecule has 2 amide bonds. The Labute approximate surface area is 139 Å². The Hall–Kier alpha value is -2.02. The molecule has 1 aromatic rings. The molecule has 0 bridgehead atoms. The van der Waals surface area contributed by atoms with Crippen LogP contribution in [0.15, 0.2) is 18.2 Å². The van der Waals surface area contributed by atoms with Gasteiger partial charge in [0.05, 0.1) is 24.6 Å². The second-order valence-corrected chi connectivity index (χ2v) is 6.29. The minimum Gasteiger partial charge on any atom is -0.394 e. The summed E-state index contributed by atoms with van der Waals surface area (Å²) in [6.07, 6.45) is 2.82. The van der Waals surface area contributed by atoms with Crippen molar-refractivity contribution in [3.8, 4) is 0 Å². The van der Waals surface area contributed by atoms with E-state index in [1.54, 1.807) is 0 Å². The first-order valence-electron chi connectivity index (χ1n) is 8.00. The molecule has 1 unspecified atom stereocenters. The van der Waals surface area contributed by atoms with Gasteiger partial charge < -0.3 is 15.7 Å². The molecular weight excluding hydrogens is 318 g/mol. The lowest BCUT2D eigenvalue weighted by Crippen LogP contribution is -2.50. The van der Waals surface area contributed by atoms with Crippen molar-refractivity contribution in [1.82, 2.24) is 10.6 Å². The Kier molecular flexibility index (Phi) is 5.88. The number of benzene rings is 1. The van der Waals surface area contributed by atoms with Gasteiger partial charge >= 0.3 is 0 Å². The summed E-state index contributed by atoms with van der Waals surface area (Å²) in [6.45, 7) is 1.04. The van der Waals surface area contributed by atoms with Crippen LogP contribution < -0.4 is 10.6 Å². The fourth-order valence-corrected chi connectivity index (χ4v) is 3.22. The van der Waals surface area contributed by atoms with Gasteiger partial charge in [0.25, 0.3) is 0 Å². The number of nitrogens with one attached hydrogen (secondary N) is 2. The number of carbonyl (C=O) groups excluding carboxylic acids is 2. The van der Waals surface area contributed by atoms with Gasteiger partial charge in [-0.1, -0.05) is 18.9 Å². The van der Waals surface area contributed by atoms with E-state index in [1.807, 2.05) is 0 Å². The first-order valence-corrected chi connectivity index (χ1v) is 8.00. The van der Waals surface area contributed by atoms with Crippen LogP contribution in [0.2, 0.25) is 0 Å². The van der Waals surface area contributed by atoms with Gasteiger partial charge in [-0.25, -0.2) is 8.78 Å². The van der Waals surface area contributed by atoms with Crippen molar-refractivity contribution in [3.63, 3.8) is 0 Å². The van der Waals surface area contributed by atoms with Crippen LogP contribution in [0, 0.1) is 11.6 Å². The molecule has 1 aliphatic rings. The third-order valence-electron chi connectivity index (χ3n) is 4.38. The maximum atomic E-state index is 14.0. The zero-order valence-electron chi connectivity index (χ0n) is 13.6. The van der Waals surface area contributed by atoms with E-state index in [-0.39, 0.29) is 18.6 Å². The van der Waals surface area contributed by atoms with E-state index in [1.165, 1.54) is 13.0 Å². The fraction of sp³-hybridized carbons (Fsp3) is 0.529. The number of amides is 2. The van der Waals surface area contributed by atoms with Crippen molar-refractivity contribution in [2.24, 2.45) is 0 Å². The molecule has 0 spiro atoms. The van der Waals surface area contributed by atoms with Crippen LogP contribution in [0.4, 0.5) is 8.78 Å². The second-order valence-electron chi connectivity index (χ2n) is 6.29. The molecule has 2 rings (SSSR count). The third-order valence-corrected chi connectivity index (χ3v) is 4.38. The Balaban J connectivity index is 2.17. The Bertz CT molecular complexity index is 596. The Morgan fingerprint density at radius 2 is 1.83 bits per heavy atom. The second kappa shape index (κ2) is 7.70. The van der Waals surface area contributed by atoms with Crippen molar-refractivity contribution in [2.45, 2.75) is 50.6 Å². The first-order chi connectivity index (χ1) is 11.4. The van der Waals surface area contributed by atoms with Crippen LogP contribution in [0.1, 0.15) is 50.6 Å². The van der Waals surface area contributed by atoms with Gasteiger partial charge in [0.15, 0.2) is 0 Å². The predicted octanol–water partition coefficient (Wildman–Crippen LogP) is 1.95. The van der Waals surface area contributed by atoms with Crippen molar-refractivity contribution in [2.75, 3.05) is 6.61 Å². The lowest BCUT2D eigenvalue weighted by atomic mass is 9.97. The SMILES string of the molecule is CC(=O)NC(CC(=O)NC1(CO)CCCC1)c1c(F)cccc1F. The molecule has 0 aromatic heterocycles. The van der Waals surface area contributed by atoms with Crippen molar-refractivity contribution < 1.29 is 23.5 Å². The van der Waals surface area contributed by atoms with Crippen LogP contribution in [-0.4, -0.2) is 29.1 Å². The van der Waals surface area contributed by atoms with Crippen LogP contribution in [0.5, 0.6) is 0 Å². The third kappa shape index (κ3) is 4.29. The molecule has 0 aliphatic heterocycles. The summed E-state index contributed by atoms with van der Waals surface area (Å²) >= 11 is 0. The van der Waals surface area contributed by atoms with E-state index in [9.17, 15) is 23.5 Å². The normalized spacial score (nSPS) is 17.3. The summed E-state index contributed by atoms with van der Waals surface area (Å²) < 4.78 is 28.0. The van der Waals surface area contributed by atoms with Crippen LogP contribution in [0.25, 0.3) is 0 Å². The van der Waals surface area contributed by atoms with E-state index in [0.717, 1.165) is 25.0 Å². The molecule has 0 heterocycles. The molecule has 3 N–H and O–H groups in total. The highest BCUT2D eigenvalue weighted by Crippen LogP contribution is 2.30. The smallest absolute Gasteiger partial charge is 0.222 e. The topological polar surface area (TPSA) is 78.4 Å². The summed E-state index contributed by atoms with van der Waals surface area (Å²) in [5, 5.41) is 14.7. The van der Waals surface area contributed by atoms with E-state index in [4.69, 9.17) is 0 Å². The number of rotatable bonds is 6. The van der Waals surface area contributed by atoms with Gasteiger partial charge in [-0.2, -0.15) is 0 Å². The minimum absolute atomic E-state index is 0.183. The summed E-state index contributed by atoms with van der Waals surface area (Å²) in [5.74, 6) is -2.60. The average Bonchev–Trinajstić information content (AvgIpc) is 2.95. The van der Waals surface area contributed by atoms with Gasteiger partial charge in [-0.15, -0.1) is 0 Å². The molecule has 24 heavy (non-hydrogen) atoms. The summed E-state index contributed by atoms with van der Waals surface area (Å²) in [7, 11) is 0. The molecular formula is C17H22F2N2O3. The first kappa shape index (κ1) is 18.3. The molecule has 5 nitrogen and oxygen atoms in total. The molecule has 0 saturated heterocycles. The minimum atomic E-state index is -1.11. The highest BCUT2D eigenvalue weighted by molar-refractivity contribution is 5.79. The summed E-state index contributed by atoms with van der Waals surface area (Å²) in [5.41, 5.74) is -1.02. The Morgan fingerprint density at radius 3 is 2.33 bits per heavy atom. The van der Waals surface area contributed by atoms with Gasteiger partial charge in [0.1, 0.15) is 11.6 Å². The largest absolute Gasteiger partial charge is 0.394 e. The highest BCUT2D eigenvalue weighted by Gasteiger charge is 2.35. The van der Waals surface area contributed by atoms with E-state index >= 15 is 0 Å². The fourth-order valence-electron chi connectivity index (χ4n) is 3.22. The lowest BCUT2D eigenvalue weighted by molar-refractivity contribution is -0.124. The van der Waals surface area contributed by atoms with E-state index in [0.29, 0.717) is 12.8 Å². The molecule has 1 aromatic carbocycles. The number of aliphatic hydroxyl groups excluding tert-OH is 1. The van der Waals surface area contributed by atoms with Crippen molar-refractivity contribution in [1.29, 1.82) is 0 Å². The van der Waals surface area contributed by atoms with Gasteiger partial charge in [0.2, 0.25) is 11.8 Å². The molecule has 1 fully saturated rings. The molecule has 1 aliphatic carbocycles. The van der Waals surface area contributed by atoms with Crippen LogP contribution in [0.3, 0.4) is 0 Å². The molecule has 7 heteroatoms. The molecule has 1 saturated carbocycles. The average molecular weight is 340 g/mol. The quantitative estimate of drug-likeness (QED) is 0.741. The van der Waals surface area contributed by atoms with Crippen LogP contribution >= 0.6 is 0 Å². The number of aliphatic hydroxyl groups is 1. The van der Waals surface area contributed by atoms with Gasteiger partial charge in [0, 0.05) is 12.5 Å². The van der Waals surface area contributed by atoms with Crippen molar-refractivity contribution >= 4 is 11.8 Å². The number of hydrogen-bond acceptors (Lipinski definition) is 3. The monoisotopic (exact) mass is 340 g/mol. The van der Waals surface area contributed by atoms with Gasteiger partial charge in [-0.05, 0) is 25.0 Å². The van der Waals surface area contributed by atoms with Crippen LogP contribution in [-0.2, 0) is 9.59 Å². The zero-order chi connectivity index (χ0) is 17.7. The highest BCUT2D eigenvalue weighted by atomic mass is 19.1. The number of hydrogen-bond donors (Lipinski definition) is 3. The maximum Gasteiger partial charge on any atom is 0.222 e. The zero-order valence-corrected chi connectivity index (χ0v) is 13.6. The lowest BCUT2D eigenvalue weighted by Gasteiger charge is -2.29. The standard InChI is InChI=1S/C17H22F2N2O3/c1-11(23)20-14(16-12(18)5-4-6-13(16)19)9-15(24)21-17(10-22)7-2-3-8-17/h4-6,14,22H,2-3,7-10H2,1H3,(H,20,23)(H,21,24). The number of carbonyl (C=O) groups is 2.